The molecule has 4 atom stereocenters. The van der Waals surface area contributed by atoms with Gasteiger partial charge in [0.2, 0.25) is 11.8 Å². The lowest BCUT2D eigenvalue weighted by Gasteiger charge is -2.34. The molecule has 3 heterocycles. The van der Waals surface area contributed by atoms with Gasteiger partial charge in [-0.3, -0.25) is 19.2 Å². The van der Waals surface area contributed by atoms with Gasteiger partial charge in [0.25, 0.3) is 6.29 Å². The van der Waals surface area contributed by atoms with Crippen molar-refractivity contribution >= 4 is 29.4 Å². The molecule has 3 aliphatic heterocycles. The minimum absolute atomic E-state index is 0.405. The van der Waals surface area contributed by atoms with Gasteiger partial charge >= 0.3 is 11.9 Å². The number of anilines is 1. The van der Waals surface area contributed by atoms with Gasteiger partial charge in [0.1, 0.15) is 0 Å². The molecule has 2 fully saturated rings. The van der Waals surface area contributed by atoms with E-state index >= 15 is 0 Å². The number of ether oxygens (including phenoxy) is 3. The van der Waals surface area contributed by atoms with Crippen LogP contribution in [0.1, 0.15) is 13.8 Å². The van der Waals surface area contributed by atoms with Crippen LogP contribution in [0.3, 0.4) is 0 Å². The maximum Gasteiger partial charge on any atom is 0.305 e. The normalized spacial score (nSPS) is 27.2. The second kappa shape index (κ2) is 7.67. The van der Waals surface area contributed by atoms with Gasteiger partial charge in [-0.25, -0.2) is 4.90 Å². The summed E-state index contributed by atoms with van der Waals surface area (Å²) in [6, 6.07) is 16.9. The van der Waals surface area contributed by atoms with Crippen LogP contribution in [-0.2, 0) is 33.4 Å². The molecular formula is C25H21NO7. The first-order valence-electron chi connectivity index (χ1n) is 10.6. The second-order valence-electron chi connectivity index (χ2n) is 8.27. The molecule has 0 aromatic heterocycles. The molecule has 2 saturated heterocycles. The smallest absolute Gasteiger partial charge is 0.305 e. The number of hydrogen-bond donors (Lipinski definition) is 0. The number of carbonyl (C=O) groups is 4. The fraction of sp³-hybridized carbons (Fsp3) is 0.280. The highest BCUT2D eigenvalue weighted by atomic mass is 16.7. The van der Waals surface area contributed by atoms with E-state index in [4.69, 9.17) is 14.2 Å². The SMILES string of the molecule is CC(=O)OC(OC(C)=O)[C@@]12C=C[C@@H](O1)[C@H]1C(=O)N(c3ccc(-c4ccccc4)cc3)C(=O)[C@@H]12. The predicted molar refractivity (Wildman–Crippen MR) is 115 cm³/mol. The number of hydrogen-bond acceptors (Lipinski definition) is 7. The van der Waals surface area contributed by atoms with E-state index in [9.17, 15) is 19.2 Å². The minimum Gasteiger partial charge on any atom is -0.422 e. The molecule has 33 heavy (non-hydrogen) atoms. The topological polar surface area (TPSA) is 99.2 Å². The molecule has 5 rings (SSSR count). The Kier molecular flexibility index (Phi) is 4.90. The number of amides is 2. The van der Waals surface area contributed by atoms with Gasteiger partial charge in [-0.2, -0.15) is 0 Å². The highest BCUT2D eigenvalue weighted by Gasteiger charge is 2.72. The van der Waals surface area contributed by atoms with E-state index in [1.54, 1.807) is 24.3 Å². The van der Waals surface area contributed by atoms with E-state index in [1.165, 1.54) is 0 Å². The number of rotatable bonds is 5. The van der Waals surface area contributed by atoms with Crippen molar-refractivity contribution in [2.75, 3.05) is 4.90 Å². The first-order valence-corrected chi connectivity index (χ1v) is 10.6. The number of esters is 2. The molecule has 0 unspecified atom stereocenters. The molecule has 2 aromatic carbocycles. The molecule has 8 nitrogen and oxygen atoms in total. The van der Waals surface area contributed by atoms with Crippen molar-refractivity contribution in [1.29, 1.82) is 0 Å². The lowest BCUT2D eigenvalue weighted by atomic mass is 9.76. The largest absolute Gasteiger partial charge is 0.422 e. The van der Waals surface area contributed by atoms with Gasteiger partial charge in [-0.15, -0.1) is 0 Å². The summed E-state index contributed by atoms with van der Waals surface area (Å²) in [7, 11) is 0. The first kappa shape index (κ1) is 21.1. The quantitative estimate of drug-likeness (QED) is 0.301. The Morgan fingerprint density at radius 3 is 2.12 bits per heavy atom. The highest BCUT2D eigenvalue weighted by Crippen LogP contribution is 2.54. The van der Waals surface area contributed by atoms with Crippen molar-refractivity contribution in [3.63, 3.8) is 0 Å². The number of fused-ring (bicyclic) bond motifs is 5. The monoisotopic (exact) mass is 447 g/mol. The van der Waals surface area contributed by atoms with Crippen molar-refractivity contribution in [1.82, 2.24) is 0 Å². The lowest BCUT2D eigenvalue weighted by Crippen LogP contribution is -2.52. The van der Waals surface area contributed by atoms with Crippen LogP contribution in [0.2, 0.25) is 0 Å². The third kappa shape index (κ3) is 3.25. The van der Waals surface area contributed by atoms with Crippen LogP contribution in [-0.4, -0.2) is 41.7 Å². The molecule has 8 heteroatoms. The molecule has 0 radical (unpaired) electrons. The van der Waals surface area contributed by atoms with Crippen molar-refractivity contribution in [2.45, 2.75) is 31.8 Å². The number of nitrogens with zero attached hydrogens (tertiary/aromatic N) is 1. The molecule has 3 aliphatic rings. The van der Waals surface area contributed by atoms with E-state index < -0.39 is 53.6 Å². The zero-order chi connectivity index (χ0) is 23.3. The van der Waals surface area contributed by atoms with Crippen molar-refractivity contribution in [3.8, 4) is 11.1 Å². The molecule has 168 valence electrons. The molecule has 0 aliphatic carbocycles. The van der Waals surface area contributed by atoms with Crippen LogP contribution >= 0.6 is 0 Å². The minimum atomic E-state index is -1.56. The standard InChI is InChI=1S/C25H21NO7/c1-14(27)31-24(32-15(2)28)25-13-12-19(33-25)20-21(25)23(30)26(22(20)29)18-10-8-17(9-11-18)16-6-4-3-5-7-16/h3-13,19-21,24H,1-2H3/t19-,20-,21-,25+/m1/s1. The Bertz CT molecular complexity index is 1160. The molecule has 0 saturated carbocycles. The van der Waals surface area contributed by atoms with Crippen LogP contribution in [0.15, 0.2) is 66.7 Å². The lowest BCUT2D eigenvalue weighted by molar-refractivity contribution is -0.226. The summed E-state index contributed by atoms with van der Waals surface area (Å²) in [5, 5.41) is 0. The summed E-state index contributed by atoms with van der Waals surface area (Å²) in [5.41, 5.74) is 0.841. The molecule has 2 amide bonds. The Morgan fingerprint density at radius 1 is 0.909 bits per heavy atom. The highest BCUT2D eigenvalue weighted by molar-refractivity contribution is 6.23. The van der Waals surface area contributed by atoms with Crippen molar-refractivity contribution in [2.24, 2.45) is 11.8 Å². The fourth-order valence-corrected chi connectivity index (χ4v) is 4.90. The van der Waals surface area contributed by atoms with Gasteiger partial charge in [-0.05, 0) is 29.3 Å². The van der Waals surface area contributed by atoms with Gasteiger partial charge in [0.05, 0.1) is 23.6 Å². The van der Waals surface area contributed by atoms with Gasteiger partial charge in [0.15, 0.2) is 5.60 Å². The van der Waals surface area contributed by atoms with Crippen LogP contribution in [0.25, 0.3) is 11.1 Å². The second-order valence-corrected chi connectivity index (χ2v) is 8.27. The Balaban J connectivity index is 1.48. The van der Waals surface area contributed by atoms with E-state index in [2.05, 4.69) is 0 Å². The summed E-state index contributed by atoms with van der Waals surface area (Å²) < 4.78 is 16.4. The average molecular weight is 447 g/mol. The van der Waals surface area contributed by atoms with Crippen LogP contribution in [0, 0.1) is 11.8 Å². The predicted octanol–water partition coefficient (Wildman–Crippen LogP) is 2.62. The zero-order valence-electron chi connectivity index (χ0n) is 18.0. The summed E-state index contributed by atoms with van der Waals surface area (Å²) in [6.07, 6.45) is 1.03. The summed E-state index contributed by atoms with van der Waals surface area (Å²) in [5.74, 6) is -4.09. The number of benzene rings is 2. The van der Waals surface area contributed by atoms with Crippen molar-refractivity contribution in [3.05, 3.63) is 66.7 Å². The Labute approximate surface area is 189 Å². The van der Waals surface area contributed by atoms with Crippen molar-refractivity contribution < 1.29 is 33.4 Å². The molecule has 0 N–H and O–H groups in total. The molecule has 2 aromatic rings. The van der Waals surface area contributed by atoms with Gasteiger partial charge in [-0.1, -0.05) is 48.5 Å². The van der Waals surface area contributed by atoms with E-state index in [0.717, 1.165) is 29.9 Å². The summed E-state index contributed by atoms with van der Waals surface area (Å²) in [6.45, 7) is 2.33. The fourth-order valence-electron chi connectivity index (χ4n) is 4.90. The summed E-state index contributed by atoms with van der Waals surface area (Å²) >= 11 is 0. The van der Waals surface area contributed by atoms with E-state index in [1.807, 2.05) is 42.5 Å². The molecular weight excluding hydrogens is 426 g/mol. The van der Waals surface area contributed by atoms with E-state index in [-0.39, 0.29) is 0 Å². The summed E-state index contributed by atoms with van der Waals surface area (Å²) in [4.78, 5) is 51.4. The molecule has 2 bridgehead atoms. The maximum absolute atomic E-state index is 13.5. The third-order valence-corrected chi connectivity index (χ3v) is 6.22. The van der Waals surface area contributed by atoms with Crippen LogP contribution < -0.4 is 4.90 Å². The number of imide groups is 1. The maximum atomic E-state index is 13.5. The average Bonchev–Trinajstić information content (AvgIpc) is 3.44. The Morgan fingerprint density at radius 2 is 1.52 bits per heavy atom. The zero-order valence-corrected chi connectivity index (χ0v) is 18.0. The van der Waals surface area contributed by atoms with Gasteiger partial charge < -0.3 is 14.2 Å². The number of carbonyl (C=O) groups excluding carboxylic acids is 4. The third-order valence-electron chi connectivity index (χ3n) is 6.22. The van der Waals surface area contributed by atoms with Crippen LogP contribution in [0.5, 0.6) is 0 Å². The Hall–Kier alpha value is -3.78. The molecule has 0 spiro atoms. The van der Waals surface area contributed by atoms with E-state index in [0.29, 0.717) is 5.69 Å². The first-order chi connectivity index (χ1) is 15.8. The van der Waals surface area contributed by atoms with Gasteiger partial charge in [0, 0.05) is 13.8 Å². The van der Waals surface area contributed by atoms with Crippen LogP contribution in [0.4, 0.5) is 5.69 Å².